The van der Waals surface area contributed by atoms with Crippen LogP contribution >= 0.6 is 11.6 Å². The lowest BCUT2D eigenvalue weighted by Gasteiger charge is -2.25. The number of nitrogens with one attached hydrogen (secondary N) is 1. The molecule has 1 fully saturated rings. The molecule has 0 saturated heterocycles. The van der Waals surface area contributed by atoms with E-state index in [9.17, 15) is 14.0 Å². The SMILES string of the molecule is NC(CC(=O)N(c1ccc(F)cc1Cl)C1CC1)c1ccc(C(=O)Nc2ccncc2)cc1. The minimum Gasteiger partial charge on any atom is -0.324 e. The molecule has 1 aliphatic rings. The van der Waals surface area contributed by atoms with Crippen LogP contribution < -0.4 is 16.0 Å². The van der Waals surface area contributed by atoms with E-state index in [4.69, 9.17) is 17.3 Å². The molecule has 0 aliphatic heterocycles. The molecule has 1 unspecified atom stereocenters. The fraction of sp³-hybridized carbons (Fsp3) is 0.208. The minimum absolute atomic E-state index is 0.0527. The minimum atomic E-state index is -0.555. The standard InChI is InChI=1S/C24H22ClFN4O2/c25-20-13-17(26)5-8-22(20)30(19-6-7-19)23(31)14-21(27)15-1-3-16(4-2-15)24(32)29-18-9-11-28-12-10-18/h1-5,8-13,19,21H,6-7,14,27H2,(H,28,29,32). The summed E-state index contributed by atoms with van der Waals surface area (Å²) >= 11 is 6.19. The van der Waals surface area contributed by atoms with Gasteiger partial charge in [-0.1, -0.05) is 23.7 Å². The van der Waals surface area contributed by atoms with Crippen LogP contribution in [0.25, 0.3) is 0 Å². The summed E-state index contributed by atoms with van der Waals surface area (Å²) in [4.78, 5) is 31.0. The van der Waals surface area contributed by atoms with Crippen molar-refractivity contribution in [3.05, 3.63) is 89.0 Å². The topological polar surface area (TPSA) is 88.3 Å². The van der Waals surface area contributed by atoms with Crippen molar-refractivity contribution in [3.63, 3.8) is 0 Å². The number of hydrogen-bond donors (Lipinski definition) is 2. The Morgan fingerprint density at radius 2 is 1.81 bits per heavy atom. The monoisotopic (exact) mass is 452 g/mol. The van der Waals surface area contributed by atoms with Crippen LogP contribution in [0, 0.1) is 5.82 Å². The number of hydrogen-bond acceptors (Lipinski definition) is 4. The van der Waals surface area contributed by atoms with Gasteiger partial charge in [0.2, 0.25) is 5.91 Å². The molecule has 1 aromatic heterocycles. The van der Waals surface area contributed by atoms with Gasteiger partial charge in [0.1, 0.15) is 5.82 Å². The van der Waals surface area contributed by atoms with E-state index in [2.05, 4.69) is 10.3 Å². The van der Waals surface area contributed by atoms with Crippen molar-refractivity contribution in [2.75, 3.05) is 10.2 Å². The Morgan fingerprint density at radius 1 is 1.12 bits per heavy atom. The number of carbonyl (C=O) groups is 2. The van der Waals surface area contributed by atoms with Gasteiger partial charge in [-0.25, -0.2) is 4.39 Å². The third-order valence-corrected chi connectivity index (χ3v) is 5.59. The van der Waals surface area contributed by atoms with E-state index >= 15 is 0 Å². The third-order valence-electron chi connectivity index (χ3n) is 5.28. The molecule has 6 nitrogen and oxygen atoms in total. The second kappa shape index (κ2) is 9.46. The van der Waals surface area contributed by atoms with Crippen LogP contribution in [0.2, 0.25) is 5.02 Å². The van der Waals surface area contributed by atoms with Crippen LogP contribution in [-0.2, 0) is 4.79 Å². The van der Waals surface area contributed by atoms with Crippen LogP contribution in [0.15, 0.2) is 67.0 Å². The second-order valence-corrected chi connectivity index (χ2v) is 8.12. The molecule has 1 atom stereocenters. The summed E-state index contributed by atoms with van der Waals surface area (Å²) in [5.41, 5.74) is 8.65. The second-order valence-electron chi connectivity index (χ2n) is 7.71. The third kappa shape index (κ3) is 5.12. The van der Waals surface area contributed by atoms with Gasteiger partial charge in [0, 0.05) is 42.1 Å². The summed E-state index contributed by atoms with van der Waals surface area (Å²) in [6.45, 7) is 0. The maximum atomic E-state index is 13.4. The van der Waals surface area contributed by atoms with Crippen LogP contribution in [0.5, 0.6) is 0 Å². The Kier molecular flexibility index (Phi) is 6.48. The lowest BCUT2D eigenvalue weighted by atomic mass is 10.0. The quantitative estimate of drug-likeness (QED) is 0.543. The number of carbonyl (C=O) groups excluding carboxylic acids is 2. The van der Waals surface area contributed by atoms with Gasteiger partial charge in [-0.3, -0.25) is 14.6 Å². The number of nitrogens with zero attached hydrogens (tertiary/aromatic N) is 2. The summed E-state index contributed by atoms with van der Waals surface area (Å²) < 4.78 is 13.4. The Morgan fingerprint density at radius 3 is 2.44 bits per heavy atom. The van der Waals surface area contributed by atoms with Crippen LogP contribution in [0.4, 0.5) is 15.8 Å². The summed E-state index contributed by atoms with van der Waals surface area (Å²) in [6, 6.07) is 13.7. The molecule has 32 heavy (non-hydrogen) atoms. The van der Waals surface area contributed by atoms with Crippen LogP contribution in [-0.4, -0.2) is 22.8 Å². The maximum Gasteiger partial charge on any atom is 0.255 e. The van der Waals surface area contributed by atoms with E-state index < -0.39 is 11.9 Å². The predicted octanol–water partition coefficient (Wildman–Crippen LogP) is 4.71. The predicted molar refractivity (Wildman–Crippen MR) is 122 cm³/mol. The number of anilines is 2. The molecule has 164 valence electrons. The molecule has 0 spiro atoms. The molecule has 1 heterocycles. The molecule has 3 N–H and O–H groups in total. The smallest absolute Gasteiger partial charge is 0.255 e. The van der Waals surface area contributed by atoms with E-state index in [1.165, 1.54) is 18.2 Å². The molecule has 1 aliphatic carbocycles. The fourth-order valence-electron chi connectivity index (χ4n) is 3.47. The zero-order chi connectivity index (χ0) is 22.7. The highest BCUT2D eigenvalue weighted by molar-refractivity contribution is 6.33. The van der Waals surface area contributed by atoms with Crippen LogP contribution in [0.1, 0.15) is 41.2 Å². The number of benzene rings is 2. The zero-order valence-corrected chi connectivity index (χ0v) is 17.9. The van der Waals surface area contributed by atoms with Crippen molar-refractivity contribution in [1.29, 1.82) is 0 Å². The first-order valence-corrected chi connectivity index (χ1v) is 10.6. The van der Waals surface area contributed by atoms with Crippen molar-refractivity contribution in [1.82, 2.24) is 4.98 Å². The Balaban J connectivity index is 1.43. The van der Waals surface area contributed by atoms with Crippen molar-refractivity contribution < 1.29 is 14.0 Å². The van der Waals surface area contributed by atoms with E-state index in [1.54, 1.807) is 53.7 Å². The van der Waals surface area contributed by atoms with Gasteiger partial charge in [0.25, 0.3) is 5.91 Å². The van der Waals surface area contributed by atoms with Crippen LogP contribution in [0.3, 0.4) is 0 Å². The number of amides is 2. The average molecular weight is 453 g/mol. The van der Waals surface area contributed by atoms with Gasteiger partial charge in [0.15, 0.2) is 0 Å². The van der Waals surface area contributed by atoms with E-state index in [0.717, 1.165) is 18.4 Å². The molecule has 4 rings (SSSR count). The summed E-state index contributed by atoms with van der Waals surface area (Å²) in [5, 5.41) is 2.99. The van der Waals surface area contributed by atoms with Crippen molar-refractivity contribution in [3.8, 4) is 0 Å². The molecule has 2 aromatic carbocycles. The lowest BCUT2D eigenvalue weighted by Crippen LogP contribution is -2.35. The Bertz CT molecular complexity index is 1120. The number of rotatable bonds is 7. The molecular formula is C24H22ClFN4O2. The first kappa shape index (κ1) is 21.9. The normalized spacial score (nSPS) is 14.0. The summed E-state index contributed by atoms with van der Waals surface area (Å²) in [6.07, 6.45) is 5.00. The summed E-state index contributed by atoms with van der Waals surface area (Å²) in [5.74, 6) is -0.877. The first-order valence-electron chi connectivity index (χ1n) is 10.3. The van der Waals surface area contributed by atoms with Crippen molar-refractivity contribution >= 4 is 34.8 Å². The fourth-order valence-corrected chi connectivity index (χ4v) is 3.73. The molecule has 2 amide bonds. The highest BCUT2D eigenvalue weighted by Crippen LogP contribution is 2.37. The van der Waals surface area contributed by atoms with Gasteiger partial charge >= 0.3 is 0 Å². The van der Waals surface area contributed by atoms with E-state index in [0.29, 0.717) is 16.9 Å². The van der Waals surface area contributed by atoms with Gasteiger partial charge in [-0.2, -0.15) is 0 Å². The van der Waals surface area contributed by atoms with E-state index in [-0.39, 0.29) is 29.3 Å². The average Bonchev–Trinajstić information content (AvgIpc) is 3.61. The first-order chi connectivity index (χ1) is 15.4. The highest BCUT2D eigenvalue weighted by Gasteiger charge is 2.35. The molecule has 1 saturated carbocycles. The zero-order valence-electron chi connectivity index (χ0n) is 17.2. The number of pyridine rings is 1. The Labute approximate surface area is 190 Å². The summed E-state index contributed by atoms with van der Waals surface area (Å²) in [7, 11) is 0. The number of aromatic nitrogens is 1. The Hall–Kier alpha value is -3.29. The van der Waals surface area contributed by atoms with Gasteiger partial charge < -0.3 is 16.0 Å². The number of nitrogens with two attached hydrogens (primary N) is 1. The van der Waals surface area contributed by atoms with E-state index in [1.807, 2.05) is 0 Å². The maximum absolute atomic E-state index is 13.4. The van der Waals surface area contributed by atoms with Gasteiger partial charge in [0.05, 0.1) is 10.7 Å². The molecule has 3 aromatic rings. The van der Waals surface area contributed by atoms with Gasteiger partial charge in [-0.15, -0.1) is 0 Å². The lowest BCUT2D eigenvalue weighted by molar-refractivity contribution is -0.119. The van der Waals surface area contributed by atoms with Crippen molar-refractivity contribution in [2.45, 2.75) is 31.3 Å². The van der Waals surface area contributed by atoms with Crippen molar-refractivity contribution in [2.24, 2.45) is 5.73 Å². The number of halogens is 2. The molecular weight excluding hydrogens is 431 g/mol. The molecule has 8 heteroatoms. The highest BCUT2D eigenvalue weighted by atomic mass is 35.5. The molecule has 0 radical (unpaired) electrons. The van der Waals surface area contributed by atoms with Gasteiger partial charge in [-0.05, 0) is 60.9 Å². The largest absolute Gasteiger partial charge is 0.324 e. The molecule has 0 bridgehead atoms.